The van der Waals surface area contributed by atoms with E-state index in [0.717, 1.165) is 16.9 Å². The first-order chi connectivity index (χ1) is 9.20. The normalized spacial score (nSPS) is 13.0. The number of hydrogen-bond acceptors (Lipinski definition) is 2. The van der Waals surface area contributed by atoms with Crippen molar-refractivity contribution in [3.05, 3.63) is 52.0 Å². The number of imidazole rings is 1. The number of aromatic nitrogens is 2. The fraction of sp³-hybridized carbons (Fsp3) is 0.267. The minimum atomic E-state index is 0.264. The lowest BCUT2D eigenvalue weighted by Gasteiger charge is -2.15. The smallest absolute Gasteiger partial charge is 0.125 e. The van der Waals surface area contributed by atoms with E-state index in [2.05, 4.69) is 41.6 Å². The number of thiophene rings is 1. The lowest BCUT2D eigenvalue weighted by molar-refractivity contribution is 0.644. The van der Waals surface area contributed by atoms with Crippen LogP contribution in [0.25, 0.3) is 11.0 Å². The Morgan fingerprint density at radius 1 is 1.26 bits per heavy atom. The monoisotopic (exact) mass is 290 g/mol. The van der Waals surface area contributed by atoms with E-state index in [-0.39, 0.29) is 6.04 Å². The number of rotatable bonds is 3. The Kier molecular flexibility index (Phi) is 3.33. The summed E-state index contributed by atoms with van der Waals surface area (Å²) in [5, 5.41) is 0. The number of halogens is 1. The molecule has 1 aromatic carbocycles. The lowest BCUT2D eigenvalue weighted by atomic mass is 10.2. The molecule has 0 N–H and O–H groups in total. The summed E-state index contributed by atoms with van der Waals surface area (Å²) in [5.74, 6) is 1.37. The first-order valence-corrected chi connectivity index (χ1v) is 7.64. The molecule has 0 spiro atoms. The largest absolute Gasteiger partial charge is 0.319 e. The molecule has 1 atom stereocenters. The third kappa shape index (κ3) is 2.17. The van der Waals surface area contributed by atoms with Crippen molar-refractivity contribution in [2.24, 2.45) is 0 Å². The van der Waals surface area contributed by atoms with Crippen LogP contribution in [0.5, 0.6) is 0 Å². The third-order valence-electron chi connectivity index (χ3n) is 3.35. The van der Waals surface area contributed by atoms with Gasteiger partial charge in [-0.2, -0.15) is 0 Å². The molecule has 0 aliphatic rings. The van der Waals surface area contributed by atoms with Crippen molar-refractivity contribution in [3.63, 3.8) is 0 Å². The van der Waals surface area contributed by atoms with E-state index in [9.17, 15) is 0 Å². The summed E-state index contributed by atoms with van der Waals surface area (Å²) < 4.78 is 2.24. The molecule has 1 unspecified atom stereocenters. The third-order valence-corrected chi connectivity index (χ3v) is 4.76. The minimum Gasteiger partial charge on any atom is -0.319 e. The Hall–Kier alpha value is -1.32. The molecule has 2 aromatic heterocycles. The summed E-state index contributed by atoms with van der Waals surface area (Å²) >= 11 is 7.89. The molecular weight excluding hydrogens is 276 g/mol. The van der Waals surface area contributed by atoms with Gasteiger partial charge < -0.3 is 4.57 Å². The average molecular weight is 291 g/mol. The van der Waals surface area contributed by atoms with Gasteiger partial charge in [0.25, 0.3) is 0 Å². The van der Waals surface area contributed by atoms with Crippen LogP contribution in [-0.2, 0) is 5.88 Å². The van der Waals surface area contributed by atoms with Gasteiger partial charge in [0.15, 0.2) is 0 Å². The Bertz CT molecular complexity index is 714. The summed E-state index contributed by atoms with van der Waals surface area (Å²) in [6.07, 6.45) is 0. The molecular formula is C15H15ClN2S. The Morgan fingerprint density at radius 3 is 2.74 bits per heavy atom. The van der Waals surface area contributed by atoms with Crippen molar-refractivity contribution in [1.29, 1.82) is 0 Å². The zero-order valence-electron chi connectivity index (χ0n) is 10.9. The molecule has 0 radical (unpaired) electrons. The van der Waals surface area contributed by atoms with E-state index >= 15 is 0 Å². The molecule has 4 heteroatoms. The van der Waals surface area contributed by atoms with Gasteiger partial charge in [-0.1, -0.05) is 12.1 Å². The van der Waals surface area contributed by atoms with Crippen LogP contribution in [0.15, 0.2) is 36.4 Å². The molecule has 98 valence electrons. The van der Waals surface area contributed by atoms with E-state index in [0.29, 0.717) is 5.88 Å². The second kappa shape index (κ2) is 4.99. The second-order valence-corrected chi connectivity index (χ2v) is 6.23. The summed E-state index contributed by atoms with van der Waals surface area (Å²) in [6.45, 7) is 4.34. The van der Waals surface area contributed by atoms with Gasteiger partial charge in [0.1, 0.15) is 5.82 Å². The summed E-state index contributed by atoms with van der Waals surface area (Å²) in [7, 11) is 0. The van der Waals surface area contributed by atoms with Crippen LogP contribution < -0.4 is 0 Å². The molecule has 0 saturated carbocycles. The number of alkyl halides is 1. The topological polar surface area (TPSA) is 17.8 Å². The highest BCUT2D eigenvalue weighted by Gasteiger charge is 2.17. The predicted molar refractivity (Wildman–Crippen MR) is 82.2 cm³/mol. The number of aryl methyl sites for hydroxylation is 1. The quantitative estimate of drug-likeness (QED) is 0.636. The van der Waals surface area contributed by atoms with Gasteiger partial charge in [0.05, 0.1) is 23.0 Å². The van der Waals surface area contributed by atoms with Gasteiger partial charge in [-0.05, 0) is 38.1 Å². The van der Waals surface area contributed by atoms with E-state index in [1.807, 2.05) is 29.5 Å². The molecule has 0 bridgehead atoms. The SMILES string of the molecule is Cc1ccc(C(C)n2c(CCl)nc3ccccc32)s1. The van der Waals surface area contributed by atoms with Crippen LogP contribution in [0, 0.1) is 6.92 Å². The molecule has 0 aliphatic heterocycles. The Morgan fingerprint density at radius 2 is 2.05 bits per heavy atom. The van der Waals surface area contributed by atoms with Crippen LogP contribution in [0.3, 0.4) is 0 Å². The van der Waals surface area contributed by atoms with Crippen LogP contribution in [0.2, 0.25) is 0 Å². The highest BCUT2D eigenvalue weighted by atomic mass is 35.5. The van der Waals surface area contributed by atoms with Gasteiger partial charge in [0, 0.05) is 9.75 Å². The maximum Gasteiger partial charge on any atom is 0.125 e. The second-order valence-electron chi connectivity index (χ2n) is 4.64. The van der Waals surface area contributed by atoms with Crippen molar-refractivity contribution in [2.75, 3.05) is 0 Å². The van der Waals surface area contributed by atoms with E-state index in [1.165, 1.54) is 9.75 Å². The van der Waals surface area contributed by atoms with Crippen LogP contribution >= 0.6 is 22.9 Å². The van der Waals surface area contributed by atoms with Gasteiger partial charge in [-0.3, -0.25) is 0 Å². The highest BCUT2D eigenvalue weighted by molar-refractivity contribution is 7.12. The summed E-state index contributed by atoms with van der Waals surface area (Å²) in [5.41, 5.74) is 2.16. The number of benzene rings is 1. The van der Waals surface area contributed by atoms with Crippen LogP contribution in [0.4, 0.5) is 0 Å². The van der Waals surface area contributed by atoms with Gasteiger partial charge >= 0.3 is 0 Å². The minimum absolute atomic E-state index is 0.264. The zero-order valence-corrected chi connectivity index (χ0v) is 12.5. The molecule has 0 fully saturated rings. The molecule has 3 rings (SSSR count). The summed E-state index contributed by atoms with van der Waals surface area (Å²) in [6, 6.07) is 12.8. The average Bonchev–Trinajstić information content (AvgIpc) is 3.01. The number of fused-ring (bicyclic) bond motifs is 1. The number of hydrogen-bond donors (Lipinski definition) is 0. The van der Waals surface area contributed by atoms with E-state index in [4.69, 9.17) is 11.6 Å². The molecule has 3 aromatic rings. The molecule has 2 heterocycles. The van der Waals surface area contributed by atoms with Gasteiger partial charge in [0.2, 0.25) is 0 Å². The number of nitrogens with zero attached hydrogens (tertiary/aromatic N) is 2. The maximum atomic E-state index is 6.06. The van der Waals surface area contributed by atoms with Crippen molar-refractivity contribution in [2.45, 2.75) is 25.8 Å². The Labute approximate surface area is 121 Å². The Balaban J connectivity index is 2.17. The highest BCUT2D eigenvalue weighted by Crippen LogP contribution is 2.30. The van der Waals surface area contributed by atoms with Crippen molar-refractivity contribution >= 4 is 34.0 Å². The first-order valence-electron chi connectivity index (χ1n) is 6.29. The zero-order chi connectivity index (χ0) is 13.4. The van der Waals surface area contributed by atoms with Gasteiger partial charge in [-0.25, -0.2) is 4.98 Å². The van der Waals surface area contributed by atoms with Gasteiger partial charge in [-0.15, -0.1) is 22.9 Å². The summed E-state index contributed by atoms with van der Waals surface area (Å²) in [4.78, 5) is 7.29. The van der Waals surface area contributed by atoms with Crippen LogP contribution in [-0.4, -0.2) is 9.55 Å². The maximum absolute atomic E-state index is 6.06. The fourth-order valence-corrected chi connectivity index (χ4v) is 3.53. The number of para-hydroxylation sites is 2. The predicted octanol–water partition coefficient (Wildman–Crippen LogP) is 4.75. The van der Waals surface area contributed by atoms with Crippen molar-refractivity contribution < 1.29 is 0 Å². The molecule has 19 heavy (non-hydrogen) atoms. The lowest BCUT2D eigenvalue weighted by Crippen LogP contribution is -2.08. The van der Waals surface area contributed by atoms with E-state index < -0.39 is 0 Å². The first kappa shape index (κ1) is 12.7. The molecule has 0 saturated heterocycles. The molecule has 0 aliphatic carbocycles. The van der Waals surface area contributed by atoms with Crippen molar-refractivity contribution in [1.82, 2.24) is 9.55 Å². The molecule has 0 amide bonds. The molecule has 2 nitrogen and oxygen atoms in total. The van der Waals surface area contributed by atoms with E-state index in [1.54, 1.807) is 0 Å². The van der Waals surface area contributed by atoms with Crippen LogP contribution in [0.1, 0.15) is 28.5 Å². The van der Waals surface area contributed by atoms with Crippen molar-refractivity contribution in [3.8, 4) is 0 Å². The standard InChI is InChI=1S/C15H15ClN2S/c1-10-7-8-14(19-10)11(2)18-13-6-4-3-5-12(13)17-15(18)9-16/h3-8,11H,9H2,1-2H3. The fourth-order valence-electron chi connectivity index (χ4n) is 2.43.